The Kier molecular flexibility index (Phi) is 5.92. The van der Waals surface area contributed by atoms with Gasteiger partial charge in [0.1, 0.15) is 29.4 Å². The van der Waals surface area contributed by atoms with E-state index in [2.05, 4.69) is 34.3 Å². The number of ether oxygens (including phenoxy) is 2. The number of benzene rings is 1. The van der Waals surface area contributed by atoms with Crippen molar-refractivity contribution in [3.8, 4) is 17.3 Å². The molecule has 1 saturated heterocycles. The van der Waals surface area contributed by atoms with Crippen LogP contribution in [0, 0.1) is 5.82 Å². The summed E-state index contributed by atoms with van der Waals surface area (Å²) in [6.07, 6.45) is 3.08. The Balaban J connectivity index is 1.53. The second-order valence-corrected chi connectivity index (χ2v) is 8.45. The van der Waals surface area contributed by atoms with Gasteiger partial charge >= 0.3 is 0 Å². The topological polar surface area (TPSA) is 90.8 Å². The van der Waals surface area contributed by atoms with Gasteiger partial charge in [-0.1, -0.05) is 12.1 Å². The van der Waals surface area contributed by atoms with E-state index in [1.807, 2.05) is 22.6 Å². The molecule has 5 rings (SSSR count). The minimum atomic E-state index is -0.377. The summed E-state index contributed by atoms with van der Waals surface area (Å²) in [4.78, 5) is 7.16. The first-order valence-corrected chi connectivity index (χ1v) is 11.1. The van der Waals surface area contributed by atoms with Crippen LogP contribution < -0.4 is 10.5 Å². The molecule has 4 aromatic rings. The van der Waals surface area contributed by atoms with Crippen LogP contribution in [0.1, 0.15) is 24.9 Å². The summed E-state index contributed by atoms with van der Waals surface area (Å²) in [5.74, 6) is 0.612. The zero-order valence-corrected chi connectivity index (χ0v) is 18.7. The summed E-state index contributed by atoms with van der Waals surface area (Å²) < 4.78 is 26.8. The summed E-state index contributed by atoms with van der Waals surface area (Å²) in [6, 6.07) is 10.9. The lowest BCUT2D eigenvalue weighted by molar-refractivity contribution is 0.147. The molecule has 0 spiro atoms. The van der Waals surface area contributed by atoms with E-state index < -0.39 is 0 Å². The summed E-state index contributed by atoms with van der Waals surface area (Å²) in [5.41, 5.74) is 9.19. The van der Waals surface area contributed by atoms with E-state index >= 15 is 0 Å². The Labute approximate surface area is 191 Å². The molecular formula is C24H27FN6O2. The second-order valence-electron chi connectivity index (χ2n) is 8.45. The monoisotopic (exact) mass is 450 g/mol. The van der Waals surface area contributed by atoms with E-state index in [-0.39, 0.29) is 17.9 Å². The number of pyridine rings is 2. The van der Waals surface area contributed by atoms with Gasteiger partial charge in [0, 0.05) is 49.9 Å². The quantitative estimate of drug-likeness (QED) is 0.433. The highest BCUT2D eigenvalue weighted by Gasteiger charge is 2.25. The molecule has 1 aliphatic heterocycles. The maximum atomic E-state index is 14.1. The Morgan fingerprint density at radius 1 is 1.18 bits per heavy atom. The number of rotatable bonds is 7. The van der Waals surface area contributed by atoms with Crippen molar-refractivity contribution in [1.29, 1.82) is 0 Å². The van der Waals surface area contributed by atoms with Crippen molar-refractivity contribution in [3.05, 3.63) is 54.0 Å². The minimum absolute atomic E-state index is 0.228. The second kappa shape index (κ2) is 9.01. The van der Waals surface area contributed by atoms with Gasteiger partial charge in [-0.2, -0.15) is 0 Å². The van der Waals surface area contributed by atoms with E-state index in [1.165, 1.54) is 12.1 Å². The zero-order chi connectivity index (χ0) is 22.9. The first-order valence-electron chi connectivity index (χ1n) is 11.1. The maximum Gasteiger partial charge on any atom is 0.187 e. The molecule has 2 atom stereocenters. The highest BCUT2D eigenvalue weighted by atomic mass is 19.1. The number of aromatic nitrogens is 4. The average Bonchev–Trinajstić information content (AvgIpc) is 3.44. The standard InChI is InChI=1S/C24H27FN6O2/c1-15(30-8-7-19(26)14-30)17-4-6-22-28-29-24(31(22)13-17)20-5-3-16-11-18(25)12-21(23(16)27-20)33-10-9-32-2/h3-6,11-13,15,19H,7-10,14,26H2,1-2H3/t15-,19-/m0/s1. The molecule has 3 aromatic heterocycles. The normalized spacial score (nSPS) is 17.8. The number of halogens is 1. The lowest BCUT2D eigenvalue weighted by Gasteiger charge is -2.24. The van der Waals surface area contributed by atoms with Gasteiger partial charge in [0.05, 0.1) is 6.61 Å². The van der Waals surface area contributed by atoms with Gasteiger partial charge < -0.3 is 15.2 Å². The van der Waals surface area contributed by atoms with Crippen molar-refractivity contribution in [3.63, 3.8) is 0 Å². The van der Waals surface area contributed by atoms with E-state index in [4.69, 9.17) is 20.2 Å². The number of methoxy groups -OCH3 is 1. The third-order valence-electron chi connectivity index (χ3n) is 6.21. The molecule has 9 heteroatoms. The highest BCUT2D eigenvalue weighted by Crippen LogP contribution is 2.30. The number of fused-ring (bicyclic) bond motifs is 2. The van der Waals surface area contributed by atoms with Gasteiger partial charge in [-0.3, -0.25) is 9.30 Å². The molecule has 0 bridgehead atoms. The van der Waals surface area contributed by atoms with Crippen LogP contribution in [0.3, 0.4) is 0 Å². The number of hydrogen-bond donors (Lipinski definition) is 1. The first kappa shape index (κ1) is 21.7. The zero-order valence-electron chi connectivity index (χ0n) is 18.7. The van der Waals surface area contributed by atoms with E-state index in [9.17, 15) is 4.39 Å². The molecule has 1 aromatic carbocycles. The number of nitrogens with zero attached hydrogens (tertiary/aromatic N) is 5. The first-order chi connectivity index (χ1) is 16.0. The van der Waals surface area contributed by atoms with Gasteiger partial charge in [0.2, 0.25) is 0 Å². The van der Waals surface area contributed by atoms with Crippen LogP contribution in [0.25, 0.3) is 28.1 Å². The third-order valence-corrected chi connectivity index (χ3v) is 6.21. The summed E-state index contributed by atoms with van der Waals surface area (Å²) in [7, 11) is 1.59. The van der Waals surface area contributed by atoms with Crippen molar-refractivity contribution in [1.82, 2.24) is 24.5 Å². The maximum absolute atomic E-state index is 14.1. The van der Waals surface area contributed by atoms with Crippen molar-refractivity contribution < 1.29 is 13.9 Å². The summed E-state index contributed by atoms with van der Waals surface area (Å²) >= 11 is 0. The van der Waals surface area contributed by atoms with E-state index in [0.29, 0.717) is 41.4 Å². The SMILES string of the molecule is COCCOc1cc(F)cc2ccc(-c3nnc4ccc([C@H](C)N5CC[C@H](N)C5)cn34)nc12. The summed E-state index contributed by atoms with van der Waals surface area (Å²) in [5, 5.41) is 9.35. The molecule has 0 saturated carbocycles. The van der Waals surface area contributed by atoms with Crippen LogP contribution in [0.15, 0.2) is 42.6 Å². The van der Waals surface area contributed by atoms with Crippen LogP contribution in [-0.2, 0) is 4.74 Å². The fourth-order valence-corrected chi connectivity index (χ4v) is 4.34. The predicted molar refractivity (Wildman–Crippen MR) is 124 cm³/mol. The Bertz CT molecular complexity index is 1290. The molecule has 33 heavy (non-hydrogen) atoms. The van der Waals surface area contributed by atoms with Crippen molar-refractivity contribution in [2.75, 3.05) is 33.4 Å². The van der Waals surface area contributed by atoms with Crippen LogP contribution in [-0.4, -0.2) is 63.9 Å². The molecule has 0 unspecified atom stereocenters. The van der Waals surface area contributed by atoms with Crippen LogP contribution >= 0.6 is 0 Å². The molecule has 8 nitrogen and oxygen atoms in total. The molecular weight excluding hydrogens is 423 g/mol. The molecule has 2 N–H and O–H groups in total. The van der Waals surface area contributed by atoms with E-state index in [0.717, 1.165) is 30.7 Å². The van der Waals surface area contributed by atoms with Gasteiger partial charge in [-0.05, 0) is 37.1 Å². The van der Waals surface area contributed by atoms with Gasteiger partial charge in [0.15, 0.2) is 11.5 Å². The average molecular weight is 451 g/mol. The third kappa shape index (κ3) is 4.27. The van der Waals surface area contributed by atoms with Gasteiger partial charge in [-0.25, -0.2) is 9.37 Å². The molecule has 1 fully saturated rings. The summed E-state index contributed by atoms with van der Waals surface area (Å²) in [6.45, 7) is 4.77. The fourth-order valence-electron chi connectivity index (χ4n) is 4.34. The van der Waals surface area contributed by atoms with E-state index in [1.54, 1.807) is 7.11 Å². The molecule has 0 radical (unpaired) electrons. The predicted octanol–water partition coefficient (Wildman–Crippen LogP) is 3.20. The van der Waals surface area contributed by atoms with Crippen LogP contribution in [0.5, 0.6) is 5.75 Å². The smallest absolute Gasteiger partial charge is 0.187 e. The van der Waals surface area contributed by atoms with Crippen molar-refractivity contribution in [2.45, 2.75) is 25.4 Å². The van der Waals surface area contributed by atoms with Crippen molar-refractivity contribution in [2.24, 2.45) is 5.73 Å². The molecule has 0 aliphatic carbocycles. The molecule has 172 valence electrons. The molecule has 1 aliphatic rings. The number of nitrogens with two attached hydrogens (primary N) is 1. The Hall–Kier alpha value is -3.14. The Morgan fingerprint density at radius 2 is 2.06 bits per heavy atom. The fraction of sp³-hybridized carbons (Fsp3) is 0.375. The molecule has 4 heterocycles. The van der Waals surface area contributed by atoms with Crippen molar-refractivity contribution >= 4 is 16.6 Å². The number of hydrogen-bond acceptors (Lipinski definition) is 7. The van der Waals surface area contributed by atoms with Crippen LogP contribution in [0.2, 0.25) is 0 Å². The largest absolute Gasteiger partial charge is 0.489 e. The Morgan fingerprint density at radius 3 is 2.85 bits per heavy atom. The lowest BCUT2D eigenvalue weighted by Crippen LogP contribution is -2.28. The number of likely N-dealkylation sites (tertiary alicyclic amines) is 1. The highest BCUT2D eigenvalue weighted by molar-refractivity contribution is 5.86. The van der Waals surface area contributed by atoms with Gasteiger partial charge in [0.25, 0.3) is 0 Å². The molecule has 0 amide bonds. The lowest BCUT2D eigenvalue weighted by atomic mass is 10.1. The minimum Gasteiger partial charge on any atom is -0.489 e. The van der Waals surface area contributed by atoms with Gasteiger partial charge in [-0.15, -0.1) is 10.2 Å². The van der Waals surface area contributed by atoms with Crippen LogP contribution in [0.4, 0.5) is 4.39 Å².